The molecule has 2 heterocycles. The minimum Gasteiger partial charge on any atom is -0.344 e. The van der Waals surface area contributed by atoms with Crippen molar-refractivity contribution in [2.24, 2.45) is 0 Å². The number of rotatable bonds is 8. The highest BCUT2D eigenvalue weighted by atomic mass is 32.2. The number of aromatic amines is 1. The summed E-state index contributed by atoms with van der Waals surface area (Å²) in [6, 6.07) is 12.2. The molecule has 27 heavy (non-hydrogen) atoms. The largest absolute Gasteiger partial charge is 0.344 e. The molecular weight excluding hydrogens is 360 g/mol. The average molecular weight is 385 g/mol. The number of benzene rings is 1. The molecular formula is C20H24N4O2S. The smallest absolute Gasteiger partial charge is 0.343 e. The number of ketones is 1. The summed E-state index contributed by atoms with van der Waals surface area (Å²) in [5, 5.41) is 7.05. The third-order valence-electron chi connectivity index (χ3n) is 4.56. The Bertz CT molecular complexity index is 985. The van der Waals surface area contributed by atoms with E-state index in [9.17, 15) is 9.59 Å². The lowest BCUT2D eigenvalue weighted by Gasteiger charge is -2.10. The Hall–Kier alpha value is -2.54. The van der Waals surface area contributed by atoms with Crippen LogP contribution in [0.3, 0.4) is 0 Å². The summed E-state index contributed by atoms with van der Waals surface area (Å²) >= 11 is 1.30. The van der Waals surface area contributed by atoms with Gasteiger partial charge in [-0.05, 0) is 31.9 Å². The van der Waals surface area contributed by atoms with Gasteiger partial charge in [-0.15, -0.1) is 5.10 Å². The molecule has 0 saturated carbocycles. The van der Waals surface area contributed by atoms with Crippen molar-refractivity contribution in [2.75, 3.05) is 5.75 Å². The van der Waals surface area contributed by atoms with E-state index < -0.39 is 0 Å². The van der Waals surface area contributed by atoms with Gasteiger partial charge in [0.25, 0.3) is 0 Å². The predicted molar refractivity (Wildman–Crippen MR) is 108 cm³/mol. The molecule has 0 unspecified atom stereocenters. The van der Waals surface area contributed by atoms with Crippen LogP contribution in [0.2, 0.25) is 0 Å². The lowest BCUT2D eigenvalue weighted by Crippen LogP contribution is -2.17. The third kappa shape index (κ3) is 4.24. The van der Waals surface area contributed by atoms with Crippen molar-refractivity contribution in [1.29, 1.82) is 0 Å². The Morgan fingerprint density at radius 1 is 1.19 bits per heavy atom. The summed E-state index contributed by atoms with van der Waals surface area (Å²) in [4.78, 5) is 24.5. The number of hydrogen-bond donors (Lipinski definition) is 1. The van der Waals surface area contributed by atoms with Crippen LogP contribution >= 0.6 is 11.8 Å². The van der Waals surface area contributed by atoms with Crippen LogP contribution in [-0.4, -0.2) is 30.9 Å². The maximum atomic E-state index is 12.8. The topological polar surface area (TPSA) is 72.7 Å². The molecule has 0 radical (unpaired) electrons. The van der Waals surface area contributed by atoms with Crippen LogP contribution in [0.1, 0.15) is 40.7 Å². The third-order valence-corrected chi connectivity index (χ3v) is 5.54. The monoisotopic (exact) mass is 384 g/mol. The molecule has 0 bridgehead atoms. The normalized spacial score (nSPS) is 11.1. The Morgan fingerprint density at radius 2 is 1.93 bits per heavy atom. The predicted octanol–water partition coefficient (Wildman–Crippen LogP) is 3.42. The molecule has 142 valence electrons. The van der Waals surface area contributed by atoms with Crippen LogP contribution in [0.4, 0.5) is 0 Å². The molecule has 1 N–H and O–H groups in total. The molecule has 0 amide bonds. The lowest BCUT2D eigenvalue weighted by atomic mass is 10.2. The molecule has 0 saturated heterocycles. The van der Waals surface area contributed by atoms with E-state index in [0.29, 0.717) is 11.7 Å². The molecule has 0 fully saturated rings. The van der Waals surface area contributed by atoms with Gasteiger partial charge in [-0.2, -0.15) is 0 Å². The molecule has 3 rings (SSSR count). The van der Waals surface area contributed by atoms with E-state index in [-0.39, 0.29) is 17.2 Å². The summed E-state index contributed by atoms with van der Waals surface area (Å²) in [6.07, 6.45) is 0.835. The van der Waals surface area contributed by atoms with Gasteiger partial charge in [0.2, 0.25) is 0 Å². The number of nitrogens with one attached hydrogen (secondary N) is 1. The zero-order chi connectivity index (χ0) is 19.4. The molecule has 3 aromatic rings. The van der Waals surface area contributed by atoms with Crippen molar-refractivity contribution >= 4 is 17.5 Å². The zero-order valence-electron chi connectivity index (χ0n) is 15.9. The highest BCUT2D eigenvalue weighted by Crippen LogP contribution is 2.21. The van der Waals surface area contributed by atoms with E-state index in [1.165, 1.54) is 17.3 Å². The second kappa shape index (κ2) is 8.43. The van der Waals surface area contributed by atoms with E-state index in [4.69, 9.17) is 0 Å². The van der Waals surface area contributed by atoms with E-state index in [2.05, 4.69) is 26.9 Å². The summed E-state index contributed by atoms with van der Waals surface area (Å²) in [7, 11) is 0. The van der Waals surface area contributed by atoms with Crippen molar-refractivity contribution < 1.29 is 4.79 Å². The Kier molecular flexibility index (Phi) is 6.01. The van der Waals surface area contributed by atoms with Gasteiger partial charge < -0.3 is 4.57 Å². The summed E-state index contributed by atoms with van der Waals surface area (Å²) < 4.78 is 3.74. The maximum absolute atomic E-state index is 12.8. The molecule has 0 aliphatic heterocycles. The van der Waals surface area contributed by atoms with Crippen molar-refractivity contribution in [1.82, 2.24) is 19.3 Å². The van der Waals surface area contributed by atoms with E-state index in [0.717, 1.165) is 29.9 Å². The highest BCUT2D eigenvalue weighted by molar-refractivity contribution is 7.99. The number of carbonyl (C=O) groups excluding carboxylic acids is 1. The fourth-order valence-corrected chi connectivity index (χ4v) is 3.99. The van der Waals surface area contributed by atoms with Crippen LogP contribution in [0.5, 0.6) is 0 Å². The van der Waals surface area contributed by atoms with Gasteiger partial charge in [0.15, 0.2) is 10.9 Å². The number of aryl methyl sites for hydroxylation is 1. The molecule has 2 aromatic heterocycles. The first kappa shape index (κ1) is 19.2. The first-order chi connectivity index (χ1) is 13.0. The number of aromatic nitrogens is 4. The maximum Gasteiger partial charge on any atom is 0.343 e. The Labute approximate surface area is 162 Å². The zero-order valence-corrected chi connectivity index (χ0v) is 16.7. The summed E-state index contributed by atoms with van der Waals surface area (Å²) in [5.74, 6) is 0.301. The first-order valence-corrected chi connectivity index (χ1v) is 10.0. The molecule has 6 nitrogen and oxygen atoms in total. The molecule has 0 aliphatic rings. The fraction of sp³-hybridized carbons (Fsp3) is 0.350. The van der Waals surface area contributed by atoms with Crippen molar-refractivity contribution in [3.63, 3.8) is 0 Å². The molecule has 0 spiro atoms. The summed E-state index contributed by atoms with van der Waals surface area (Å²) in [6.45, 7) is 7.34. The second-order valence-corrected chi connectivity index (χ2v) is 7.47. The van der Waals surface area contributed by atoms with Crippen LogP contribution in [0.15, 0.2) is 46.3 Å². The van der Waals surface area contributed by atoms with Gasteiger partial charge in [0.05, 0.1) is 5.75 Å². The Balaban J connectivity index is 1.74. The highest BCUT2D eigenvalue weighted by Gasteiger charge is 2.18. The fourth-order valence-electron chi connectivity index (χ4n) is 3.13. The number of H-pyrrole nitrogens is 1. The van der Waals surface area contributed by atoms with Gasteiger partial charge in [-0.3, -0.25) is 9.36 Å². The van der Waals surface area contributed by atoms with Gasteiger partial charge in [0.1, 0.15) is 0 Å². The SMILES string of the molecule is CCCn1c(SCC(=O)c2cc(C)n(Cc3ccccc3)c2C)n[nH]c1=O. The number of nitrogens with zero attached hydrogens (tertiary/aromatic N) is 3. The van der Waals surface area contributed by atoms with Crippen molar-refractivity contribution in [2.45, 2.75) is 45.4 Å². The molecule has 1 aromatic carbocycles. The minimum absolute atomic E-state index is 0.0471. The quantitative estimate of drug-likeness (QED) is 0.477. The number of thioether (sulfide) groups is 1. The first-order valence-electron chi connectivity index (χ1n) is 9.03. The van der Waals surface area contributed by atoms with Crippen LogP contribution in [-0.2, 0) is 13.1 Å². The number of Topliss-reactive ketones (excluding diaryl/α,β-unsaturated/α-hetero) is 1. The second-order valence-electron chi connectivity index (χ2n) is 6.53. The minimum atomic E-state index is -0.229. The van der Waals surface area contributed by atoms with Crippen molar-refractivity contribution in [3.05, 3.63) is 69.4 Å². The van der Waals surface area contributed by atoms with Crippen LogP contribution < -0.4 is 5.69 Å². The molecule has 0 atom stereocenters. The van der Waals surface area contributed by atoms with E-state index in [1.807, 2.05) is 45.0 Å². The van der Waals surface area contributed by atoms with Gasteiger partial charge in [-0.25, -0.2) is 9.89 Å². The summed E-state index contributed by atoms with van der Waals surface area (Å²) in [5.41, 5.74) is 3.73. The average Bonchev–Trinajstić information content (AvgIpc) is 3.15. The van der Waals surface area contributed by atoms with Crippen LogP contribution in [0, 0.1) is 13.8 Å². The standard InChI is InChI=1S/C20H24N4O2S/c1-4-10-23-19(26)21-22-20(23)27-13-18(25)17-11-14(2)24(15(17)3)12-16-8-6-5-7-9-16/h5-9,11H,4,10,12-13H2,1-3H3,(H,21,26). The number of carbonyl (C=O) groups is 1. The number of hydrogen-bond acceptors (Lipinski definition) is 4. The lowest BCUT2D eigenvalue weighted by molar-refractivity contribution is 0.102. The molecule has 0 aliphatic carbocycles. The Morgan fingerprint density at radius 3 is 2.63 bits per heavy atom. The van der Waals surface area contributed by atoms with Gasteiger partial charge >= 0.3 is 5.69 Å². The van der Waals surface area contributed by atoms with E-state index in [1.54, 1.807) is 4.57 Å². The van der Waals surface area contributed by atoms with Gasteiger partial charge in [0, 0.05) is 30.0 Å². The molecule has 7 heteroatoms. The van der Waals surface area contributed by atoms with Crippen LogP contribution in [0.25, 0.3) is 0 Å². The van der Waals surface area contributed by atoms with Gasteiger partial charge in [-0.1, -0.05) is 49.0 Å². The van der Waals surface area contributed by atoms with E-state index >= 15 is 0 Å². The van der Waals surface area contributed by atoms with Crippen molar-refractivity contribution in [3.8, 4) is 0 Å².